The standard InChI is InChI=1S/C12H19N3O2/c1-9-11(14-8-15-12(9)16-2)13-7-10-5-3-4-6-17-10/h8,10H,3-7H2,1-2H3,(H,13,14,15). The monoisotopic (exact) mass is 237 g/mol. The van der Waals surface area contributed by atoms with E-state index in [1.165, 1.54) is 19.2 Å². The Hall–Kier alpha value is -1.36. The van der Waals surface area contributed by atoms with Gasteiger partial charge in [-0.3, -0.25) is 0 Å². The van der Waals surface area contributed by atoms with Crippen LogP contribution in [-0.4, -0.2) is 36.3 Å². The molecule has 17 heavy (non-hydrogen) atoms. The Morgan fingerprint density at radius 2 is 2.35 bits per heavy atom. The SMILES string of the molecule is COc1ncnc(NCC2CCCCO2)c1C. The van der Waals surface area contributed by atoms with Gasteiger partial charge in [0.1, 0.15) is 12.1 Å². The normalized spacial score (nSPS) is 20.0. The fourth-order valence-electron chi connectivity index (χ4n) is 2.00. The zero-order valence-corrected chi connectivity index (χ0v) is 10.4. The highest BCUT2D eigenvalue weighted by atomic mass is 16.5. The molecule has 0 aliphatic carbocycles. The molecule has 0 aromatic carbocycles. The number of nitrogens with zero attached hydrogens (tertiary/aromatic N) is 2. The van der Waals surface area contributed by atoms with Crippen molar-refractivity contribution in [3.05, 3.63) is 11.9 Å². The van der Waals surface area contributed by atoms with Crippen molar-refractivity contribution in [3.63, 3.8) is 0 Å². The number of methoxy groups -OCH3 is 1. The lowest BCUT2D eigenvalue weighted by molar-refractivity contribution is 0.0247. The molecule has 0 amide bonds. The van der Waals surface area contributed by atoms with E-state index in [2.05, 4.69) is 15.3 Å². The second kappa shape index (κ2) is 5.82. The fraction of sp³-hybridized carbons (Fsp3) is 0.667. The predicted octanol–water partition coefficient (Wildman–Crippen LogP) is 1.77. The van der Waals surface area contributed by atoms with Crippen LogP contribution in [0.15, 0.2) is 6.33 Å². The molecule has 5 nitrogen and oxygen atoms in total. The van der Waals surface area contributed by atoms with E-state index in [0.717, 1.165) is 31.0 Å². The van der Waals surface area contributed by atoms with Gasteiger partial charge in [0.2, 0.25) is 5.88 Å². The maximum absolute atomic E-state index is 5.66. The van der Waals surface area contributed by atoms with Crippen molar-refractivity contribution >= 4 is 5.82 Å². The molecule has 1 N–H and O–H groups in total. The number of hydrogen-bond donors (Lipinski definition) is 1. The molecule has 1 fully saturated rings. The smallest absolute Gasteiger partial charge is 0.221 e. The van der Waals surface area contributed by atoms with Crippen LogP contribution >= 0.6 is 0 Å². The molecule has 2 heterocycles. The molecule has 1 aromatic rings. The van der Waals surface area contributed by atoms with Gasteiger partial charge in [0, 0.05) is 13.2 Å². The van der Waals surface area contributed by atoms with Gasteiger partial charge in [0.25, 0.3) is 0 Å². The fourth-order valence-corrected chi connectivity index (χ4v) is 2.00. The average Bonchev–Trinajstić information content (AvgIpc) is 2.39. The Morgan fingerprint density at radius 3 is 3.06 bits per heavy atom. The second-order valence-electron chi connectivity index (χ2n) is 4.23. The summed E-state index contributed by atoms with van der Waals surface area (Å²) in [6, 6.07) is 0. The zero-order chi connectivity index (χ0) is 12.1. The molecule has 0 bridgehead atoms. The summed E-state index contributed by atoms with van der Waals surface area (Å²) in [7, 11) is 1.61. The Labute approximate surface area is 102 Å². The Bertz CT molecular complexity index is 365. The van der Waals surface area contributed by atoms with Crippen LogP contribution in [0, 0.1) is 6.92 Å². The maximum Gasteiger partial charge on any atom is 0.221 e. The molecule has 1 aliphatic rings. The van der Waals surface area contributed by atoms with Gasteiger partial charge in [-0.15, -0.1) is 0 Å². The molecule has 1 atom stereocenters. The van der Waals surface area contributed by atoms with Crippen LogP contribution in [-0.2, 0) is 4.74 Å². The third-order valence-electron chi connectivity index (χ3n) is 3.00. The first kappa shape index (κ1) is 12.1. The highest BCUT2D eigenvalue weighted by molar-refractivity contribution is 5.47. The minimum atomic E-state index is 0.295. The highest BCUT2D eigenvalue weighted by Crippen LogP contribution is 2.20. The zero-order valence-electron chi connectivity index (χ0n) is 10.4. The van der Waals surface area contributed by atoms with Crippen LogP contribution < -0.4 is 10.1 Å². The number of rotatable bonds is 4. The minimum Gasteiger partial charge on any atom is -0.481 e. The van der Waals surface area contributed by atoms with Crippen molar-refractivity contribution in [2.45, 2.75) is 32.3 Å². The average molecular weight is 237 g/mol. The van der Waals surface area contributed by atoms with E-state index in [1.807, 2.05) is 6.92 Å². The molecule has 94 valence electrons. The van der Waals surface area contributed by atoms with Gasteiger partial charge < -0.3 is 14.8 Å². The molecular weight excluding hydrogens is 218 g/mol. The summed E-state index contributed by atoms with van der Waals surface area (Å²) >= 11 is 0. The molecule has 0 radical (unpaired) electrons. The van der Waals surface area contributed by atoms with Crippen molar-refractivity contribution in [1.82, 2.24) is 9.97 Å². The summed E-state index contributed by atoms with van der Waals surface area (Å²) in [5.41, 5.74) is 0.936. The summed E-state index contributed by atoms with van der Waals surface area (Å²) in [5.74, 6) is 1.44. The van der Waals surface area contributed by atoms with Crippen LogP contribution in [0.4, 0.5) is 5.82 Å². The Morgan fingerprint density at radius 1 is 1.47 bits per heavy atom. The van der Waals surface area contributed by atoms with Gasteiger partial charge >= 0.3 is 0 Å². The van der Waals surface area contributed by atoms with Gasteiger partial charge in [-0.25, -0.2) is 9.97 Å². The number of anilines is 1. The van der Waals surface area contributed by atoms with Crippen LogP contribution in [0.25, 0.3) is 0 Å². The van der Waals surface area contributed by atoms with Crippen molar-refractivity contribution < 1.29 is 9.47 Å². The molecule has 0 spiro atoms. The van der Waals surface area contributed by atoms with Crippen molar-refractivity contribution in [3.8, 4) is 5.88 Å². The van der Waals surface area contributed by atoms with Gasteiger partial charge in [-0.1, -0.05) is 0 Å². The summed E-state index contributed by atoms with van der Waals surface area (Å²) in [6.45, 7) is 3.61. The van der Waals surface area contributed by atoms with E-state index in [1.54, 1.807) is 7.11 Å². The third kappa shape index (κ3) is 3.06. The van der Waals surface area contributed by atoms with Gasteiger partial charge in [-0.05, 0) is 26.2 Å². The summed E-state index contributed by atoms with van der Waals surface area (Å²) in [6.07, 6.45) is 5.35. The molecule has 1 unspecified atom stereocenters. The lowest BCUT2D eigenvalue weighted by atomic mass is 10.1. The van der Waals surface area contributed by atoms with Gasteiger partial charge in [0.05, 0.1) is 18.8 Å². The minimum absolute atomic E-state index is 0.295. The molecule has 1 aromatic heterocycles. The first-order valence-corrected chi connectivity index (χ1v) is 6.02. The molecule has 0 saturated carbocycles. The van der Waals surface area contributed by atoms with E-state index in [4.69, 9.17) is 9.47 Å². The Balaban J connectivity index is 1.93. The number of ether oxygens (including phenoxy) is 2. The van der Waals surface area contributed by atoms with Crippen molar-refractivity contribution in [1.29, 1.82) is 0 Å². The van der Waals surface area contributed by atoms with Crippen molar-refractivity contribution in [2.24, 2.45) is 0 Å². The third-order valence-corrected chi connectivity index (χ3v) is 3.00. The topological polar surface area (TPSA) is 56.3 Å². The van der Waals surface area contributed by atoms with E-state index < -0.39 is 0 Å². The van der Waals surface area contributed by atoms with Crippen LogP contribution in [0.2, 0.25) is 0 Å². The Kier molecular flexibility index (Phi) is 4.14. The van der Waals surface area contributed by atoms with Crippen LogP contribution in [0.5, 0.6) is 5.88 Å². The lowest BCUT2D eigenvalue weighted by Gasteiger charge is -2.23. The van der Waals surface area contributed by atoms with Gasteiger partial charge in [-0.2, -0.15) is 0 Å². The van der Waals surface area contributed by atoms with E-state index in [-0.39, 0.29) is 0 Å². The molecular formula is C12H19N3O2. The summed E-state index contributed by atoms with van der Waals surface area (Å²) < 4.78 is 10.8. The quantitative estimate of drug-likeness (QED) is 0.865. The lowest BCUT2D eigenvalue weighted by Crippen LogP contribution is -2.27. The van der Waals surface area contributed by atoms with Gasteiger partial charge in [0.15, 0.2) is 0 Å². The number of nitrogens with one attached hydrogen (secondary N) is 1. The number of hydrogen-bond acceptors (Lipinski definition) is 5. The predicted molar refractivity (Wildman–Crippen MR) is 65.4 cm³/mol. The summed E-state index contributed by atoms with van der Waals surface area (Å²) in [5, 5.41) is 3.30. The first-order chi connectivity index (χ1) is 8.31. The molecule has 1 saturated heterocycles. The van der Waals surface area contributed by atoms with Crippen LogP contribution in [0.1, 0.15) is 24.8 Å². The van der Waals surface area contributed by atoms with Crippen LogP contribution in [0.3, 0.4) is 0 Å². The van der Waals surface area contributed by atoms with Crippen molar-refractivity contribution in [2.75, 3.05) is 25.6 Å². The molecule has 2 rings (SSSR count). The molecule has 1 aliphatic heterocycles. The highest BCUT2D eigenvalue weighted by Gasteiger charge is 2.14. The summed E-state index contributed by atoms with van der Waals surface area (Å²) in [4.78, 5) is 8.26. The van der Waals surface area contributed by atoms with E-state index >= 15 is 0 Å². The largest absolute Gasteiger partial charge is 0.481 e. The van der Waals surface area contributed by atoms with E-state index in [9.17, 15) is 0 Å². The molecule has 5 heteroatoms. The maximum atomic E-state index is 5.66. The van der Waals surface area contributed by atoms with E-state index in [0.29, 0.717) is 12.0 Å². The number of aromatic nitrogens is 2. The second-order valence-corrected chi connectivity index (χ2v) is 4.23. The first-order valence-electron chi connectivity index (χ1n) is 6.02.